The third-order valence-electron chi connectivity index (χ3n) is 4.46. The van der Waals surface area contributed by atoms with Gasteiger partial charge in [-0.2, -0.15) is 0 Å². The van der Waals surface area contributed by atoms with Crippen LogP contribution in [0.15, 0.2) is 72.8 Å². The molecule has 0 N–H and O–H groups in total. The van der Waals surface area contributed by atoms with Crippen molar-refractivity contribution in [2.75, 3.05) is 14.2 Å². The fourth-order valence-corrected chi connectivity index (χ4v) is 5.26. The van der Waals surface area contributed by atoms with E-state index in [1.165, 1.54) is 0 Å². The Hall–Kier alpha value is -2.84. The van der Waals surface area contributed by atoms with E-state index in [1.54, 1.807) is 74.9 Å². The summed E-state index contributed by atoms with van der Waals surface area (Å²) in [6.07, 6.45) is 0. The second-order valence-corrected chi connectivity index (χ2v) is 8.83. The summed E-state index contributed by atoms with van der Waals surface area (Å²) in [6, 6.07) is 20.8. The molecule has 0 radical (unpaired) electrons. The van der Waals surface area contributed by atoms with Crippen molar-refractivity contribution in [3.05, 3.63) is 83.9 Å². The number of aryl methyl sites for hydroxylation is 1. The lowest BCUT2D eigenvalue weighted by Gasteiger charge is -2.19. The molecule has 3 aromatic rings. The molecule has 0 saturated heterocycles. The highest BCUT2D eigenvalue weighted by atomic mass is 31.2. The van der Waals surface area contributed by atoms with Gasteiger partial charge in [0.15, 0.2) is 0 Å². The molecule has 0 aliphatic heterocycles. The first-order valence-corrected chi connectivity index (χ1v) is 10.2. The van der Waals surface area contributed by atoms with Gasteiger partial charge in [0, 0.05) is 16.2 Å². The molecule has 0 spiro atoms. The Bertz CT molecular complexity index is 923. The van der Waals surface area contributed by atoms with Crippen LogP contribution in [0.4, 0.5) is 0 Å². The van der Waals surface area contributed by atoms with Crippen molar-refractivity contribution in [1.29, 1.82) is 0 Å². The Balaban J connectivity index is 2.16. The molecule has 4 nitrogen and oxygen atoms in total. The van der Waals surface area contributed by atoms with Crippen molar-refractivity contribution < 1.29 is 18.8 Å². The molecule has 5 heteroatoms. The summed E-state index contributed by atoms with van der Waals surface area (Å²) in [4.78, 5) is 13.4. The van der Waals surface area contributed by atoms with E-state index in [4.69, 9.17) is 9.47 Å². The van der Waals surface area contributed by atoms with Crippen molar-refractivity contribution in [2.24, 2.45) is 0 Å². The van der Waals surface area contributed by atoms with E-state index < -0.39 is 12.7 Å². The van der Waals surface area contributed by atoms with Crippen LogP contribution in [-0.4, -0.2) is 19.7 Å². The van der Waals surface area contributed by atoms with Crippen LogP contribution in [-0.2, 0) is 4.57 Å². The van der Waals surface area contributed by atoms with E-state index in [1.807, 2.05) is 19.1 Å². The van der Waals surface area contributed by atoms with Gasteiger partial charge in [0.25, 0.3) is 0 Å². The SMILES string of the molecule is COc1ccc(P(=O)(C(=O)c2ccc(C)cc2)c2ccc(OC)cc2)cc1. The van der Waals surface area contributed by atoms with E-state index >= 15 is 0 Å². The van der Waals surface area contributed by atoms with Crippen LogP contribution in [0.2, 0.25) is 0 Å². The number of carbonyl (C=O) groups is 1. The Morgan fingerprint density at radius 1 is 0.704 bits per heavy atom. The number of hydrogen-bond donors (Lipinski definition) is 0. The largest absolute Gasteiger partial charge is 0.497 e. The zero-order valence-electron chi connectivity index (χ0n) is 15.5. The lowest BCUT2D eigenvalue weighted by Crippen LogP contribution is -2.22. The Morgan fingerprint density at radius 3 is 1.48 bits per heavy atom. The molecule has 0 aliphatic rings. The molecule has 3 rings (SSSR count). The zero-order chi connectivity index (χ0) is 19.4. The normalized spacial score (nSPS) is 11.1. The fraction of sp³-hybridized carbons (Fsp3) is 0.136. The zero-order valence-corrected chi connectivity index (χ0v) is 16.4. The average molecular weight is 380 g/mol. The first-order chi connectivity index (χ1) is 13.0. The third kappa shape index (κ3) is 3.67. The van der Waals surface area contributed by atoms with Crippen molar-refractivity contribution in [3.63, 3.8) is 0 Å². The van der Waals surface area contributed by atoms with E-state index in [0.29, 0.717) is 27.7 Å². The van der Waals surface area contributed by atoms with Gasteiger partial charge in [0.05, 0.1) is 14.2 Å². The maximum Gasteiger partial charge on any atom is 0.230 e. The lowest BCUT2D eigenvalue weighted by atomic mass is 10.2. The highest BCUT2D eigenvalue weighted by Gasteiger charge is 2.36. The molecule has 0 saturated carbocycles. The Morgan fingerprint density at radius 2 is 1.11 bits per heavy atom. The molecule has 0 heterocycles. The molecule has 0 aliphatic carbocycles. The first-order valence-electron chi connectivity index (χ1n) is 8.50. The first kappa shape index (κ1) is 18.9. The van der Waals surface area contributed by atoms with Crippen LogP contribution in [0.3, 0.4) is 0 Å². The molecular formula is C22H21O4P. The van der Waals surface area contributed by atoms with E-state index in [2.05, 4.69) is 0 Å². The van der Waals surface area contributed by atoms with Crippen LogP contribution < -0.4 is 20.1 Å². The van der Waals surface area contributed by atoms with Gasteiger partial charge in [0.1, 0.15) is 11.5 Å². The van der Waals surface area contributed by atoms with Crippen LogP contribution in [0.25, 0.3) is 0 Å². The van der Waals surface area contributed by atoms with Gasteiger partial charge in [-0.1, -0.05) is 29.8 Å². The number of methoxy groups -OCH3 is 2. The summed E-state index contributed by atoms with van der Waals surface area (Å²) in [5.41, 5.74) is 1.07. The summed E-state index contributed by atoms with van der Waals surface area (Å²) < 4.78 is 24.5. The van der Waals surface area contributed by atoms with Crippen molar-refractivity contribution in [1.82, 2.24) is 0 Å². The standard InChI is InChI=1S/C22H21O4P/c1-16-4-6-17(7-5-16)22(23)27(24,20-12-8-18(25-2)9-13-20)21-14-10-19(26-3)11-15-21/h4-15H,1-3H3. The van der Waals surface area contributed by atoms with E-state index in [0.717, 1.165) is 5.56 Å². The minimum absolute atomic E-state index is 0.391. The highest BCUT2D eigenvalue weighted by molar-refractivity contribution is 7.93. The highest BCUT2D eigenvalue weighted by Crippen LogP contribution is 2.47. The fourth-order valence-electron chi connectivity index (χ4n) is 2.85. The smallest absolute Gasteiger partial charge is 0.230 e. The number of carbonyl (C=O) groups excluding carboxylic acids is 1. The summed E-state index contributed by atoms with van der Waals surface area (Å²) in [7, 11) is -0.433. The van der Waals surface area contributed by atoms with Gasteiger partial charge in [-0.15, -0.1) is 0 Å². The molecule has 138 valence electrons. The van der Waals surface area contributed by atoms with Crippen LogP contribution in [0, 0.1) is 6.92 Å². The molecule has 0 aromatic heterocycles. The molecule has 0 amide bonds. The van der Waals surface area contributed by atoms with Crippen molar-refractivity contribution in [3.8, 4) is 11.5 Å². The predicted octanol–water partition coefficient (Wildman–Crippen LogP) is 4.17. The molecular weight excluding hydrogens is 359 g/mol. The maximum atomic E-state index is 14.2. The quantitative estimate of drug-likeness (QED) is 0.603. The van der Waals surface area contributed by atoms with Gasteiger partial charge in [-0.25, -0.2) is 0 Å². The van der Waals surface area contributed by atoms with Crippen molar-refractivity contribution >= 4 is 23.3 Å². The minimum atomic E-state index is -3.56. The second kappa shape index (κ2) is 7.81. The summed E-state index contributed by atoms with van der Waals surface area (Å²) in [6.45, 7) is 1.95. The summed E-state index contributed by atoms with van der Waals surface area (Å²) in [5, 5.41) is 0.943. The number of hydrogen-bond acceptors (Lipinski definition) is 4. The number of ether oxygens (including phenoxy) is 2. The topological polar surface area (TPSA) is 52.6 Å². The van der Waals surface area contributed by atoms with Crippen molar-refractivity contribution in [2.45, 2.75) is 6.92 Å². The molecule has 0 bridgehead atoms. The predicted molar refractivity (Wildman–Crippen MR) is 108 cm³/mol. The molecule has 3 aromatic carbocycles. The second-order valence-electron chi connectivity index (χ2n) is 6.18. The molecule has 0 atom stereocenters. The van der Waals surface area contributed by atoms with E-state index in [9.17, 15) is 9.36 Å². The van der Waals surface area contributed by atoms with Gasteiger partial charge in [-0.05, 0) is 55.5 Å². The molecule has 0 fully saturated rings. The Labute approximate surface area is 159 Å². The molecule has 0 unspecified atom stereocenters. The van der Waals surface area contributed by atoms with E-state index in [-0.39, 0.29) is 0 Å². The van der Waals surface area contributed by atoms with Gasteiger partial charge in [0.2, 0.25) is 12.7 Å². The van der Waals surface area contributed by atoms with Gasteiger partial charge < -0.3 is 14.0 Å². The summed E-state index contributed by atoms with van der Waals surface area (Å²) in [5.74, 6) is 1.28. The lowest BCUT2D eigenvalue weighted by molar-refractivity contribution is 0.107. The average Bonchev–Trinajstić information content (AvgIpc) is 2.73. The van der Waals surface area contributed by atoms with Gasteiger partial charge in [-0.3, -0.25) is 4.79 Å². The Kier molecular flexibility index (Phi) is 5.48. The van der Waals surface area contributed by atoms with Crippen LogP contribution in [0.1, 0.15) is 15.9 Å². The monoisotopic (exact) mass is 380 g/mol. The molecule has 27 heavy (non-hydrogen) atoms. The maximum absolute atomic E-state index is 14.2. The van der Waals surface area contributed by atoms with Crippen LogP contribution in [0.5, 0.6) is 11.5 Å². The number of benzene rings is 3. The van der Waals surface area contributed by atoms with Gasteiger partial charge >= 0.3 is 0 Å². The summed E-state index contributed by atoms with van der Waals surface area (Å²) >= 11 is 0. The minimum Gasteiger partial charge on any atom is -0.497 e. The number of rotatable bonds is 6. The van der Waals surface area contributed by atoms with Crippen LogP contribution >= 0.6 is 7.14 Å². The third-order valence-corrected chi connectivity index (χ3v) is 7.34.